The van der Waals surface area contributed by atoms with E-state index >= 15 is 0 Å². The molecule has 0 radical (unpaired) electrons. The number of anilines is 1. The molecule has 1 rings (SSSR count). The Hall–Kier alpha value is -1.42. The van der Waals surface area contributed by atoms with Crippen molar-refractivity contribution in [2.45, 2.75) is 20.3 Å². The number of hydrogen-bond acceptors (Lipinski definition) is 3. The summed E-state index contributed by atoms with van der Waals surface area (Å²) in [6, 6.07) is 0. The standard InChI is InChI=1S/C9H10N3O2.C3H7.Ni/c1-4-12(7(2)14)9-8(6-13)5-10-11(9)3;1-3-2;/h4-5H,1H2,2-3H3;1,3H2,2H3;/q2*-1;+2. The van der Waals surface area contributed by atoms with Gasteiger partial charge in [-0.2, -0.15) is 6.42 Å². The Bertz CT molecular complexity index is 402. The molecule has 0 fully saturated rings. The van der Waals surface area contributed by atoms with Gasteiger partial charge in [0.2, 0.25) is 5.91 Å². The molecule has 0 aliphatic carbocycles. The number of nitrogens with zero attached hydrogens (tertiary/aromatic N) is 3. The van der Waals surface area contributed by atoms with Gasteiger partial charge in [-0.25, -0.2) is 0 Å². The molecule has 0 saturated heterocycles. The number of carbonyl (C=O) groups is 1. The third kappa shape index (κ3) is 4.84. The summed E-state index contributed by atoms with van der Waals surface area (Å²) in [4.78, 5) is 23.0. The van der Waals surface area contributed by atoms with Crippen LogP contribution < -0.4 is 4.90 Å². The van der Waals surface area contributed by atoms with Crippen molar-refractivity contribution in [3.05, 3.63) is 31.5 Å². The predicted octanol–water partition coefficient (Wildman–Crippen LogP) is 1.60. The third-order valence-electron chi connectivity index (χ3n) is 1.77. The van der Waals surface area contributed by atoms with Gasteiger partial charge in [0.15, 0.2) is 0 Å². The van der Waals surface area contributed by atoms with Crippen LogP contribution in [0, 0.1) is 6.92 Å². The largest absolute Gasteiger partial charge is 2.00 e. The summed E-state index contributed by atoms with van der Waals surface area (Å²) in [7, 11) is 1.63. The minimum Gasteiger partial charge on any atom is -0.376 e. The number of aryl methyl sites for hydroxylation is 1. The Balaban J connectivity index is 0. The fraction of sp³-hybridized carbons (Fsp3) is 0.333. The summed E-state index contributed by atoms with van der Waals surface area (Å²) in [6.07, 6.45) is 5.39. The SMILES string of the molecule is C=CN(C(C)=O)c1c([C-]=O)cnn1C.[CH2-]CC.[Ni+2]. The van der Waals surface area contributed by atoms with Crippen LogP contribution in [0.5, 0.6) is 0 Å². The Morgan fingerprint density at radius 1 is 1.72 bits per heavy atom. The molecule has 0 aromatic carbocycles. The van der Waals surface area contributed by atoms with Gasteiger partial charge in [-0.05, 0) is 12.4 Å². The van der Waals surface area contributed by atoms with Crippen LogP contribution in [0.25, 0.3) is 0 Å². The smallest absolute Gasteiger partial charge is 0.376 e. The fourth-order valence-electron chi connectivity index (χ4n) is 1.15. The van der Waals surface area contributed by atoms with Crippen molar-refractivity contribution in [3.8, 4) is 0 Å². The number of carbonyl (C=O) groups excluding carboxylic acids is 2. The molecule has 0 unspecified atom stereocenters. The van der Waals surface area contributed by atoms with E-state index in [1.54, 1.807) is 13.3 Å². The second-order valence-corrected chi connectivity index (χ2v) is 3.18. The first-order valence-electron chi connectivity index (χ1n) is 5.15. The van der Waals surface area contributed by atoms with Crippen LogP contribution in [0.15, 0.2) is 19.0 Å². The van der Waals surface area contributed by atoms with Crippen LogP contribution in [0.3, 0.4) is 0 Å². The van der Waals surface area contributed by atoms with E-state index in [1.165, 1.54) is 28.9 Å². The van der Waals surface area contributed by atoms with Gasteiger partial charge in [0.1, 0.15) is 0 Å². The topological polar surface area (TPSA) is 55.2 Å². The predicted molar refractivity (Wildman–Crippen MR) is 67.0 cm³/mol. The second-order valence-electron chi connectivity index (χ2n) is 3.18. The zero-order valence-corrected chi connectivity index (χ0v) is 11.7. The number of hydrogen-bond donors (Lipinski definition) is 0. The van der Waals surface area contributed by atoms with Crippen molar-refractivity contribution < 1.29 is 26.1 Å². The molecular weight excluding hydrogens is 277 g/mol. The molecule has 0 atom stereocenters. The zero-order valence-electron chi connectivity index (χ0n) is 10.8. The fourth-order valence-corrected chi connectivity index (χ4v) is 1.15. The van der Waals surface area contributed by atoms with Crippen LogP contribution >= 0.6 is 0 Å². The molecule has 18 heavy (non-hydrogen) atoms. The van der Waals surface area contributed by atoms with E-state index in [0.29, 0.717) is 5.82 Å². The van der Waals surface area contributed by atoms with E-state index in [0.717, 1.165) is 6.42 Å². The third-order valence-corrected chi connectivity index (χ3v) is 1.77. The minimum atomic E-state index is -0.236. The van der Waals surface area contributed by atoms with E-state index in [4.69, 9.17) is 0 Å². The van der Waals surface area contributed by atoms with E-state index in [9.17, 15) is 9.59 Å². The van der Waals surface area contributed by atoms with Gasteiger partial charge in [0.05, 0.1) is 6.29 Å². The molecule has 1 amide bonds. The summed E-state index contributed by atoms with van der Waals surface area (Å²) in [5.41, 5.74) is 0.239. The first-order chi connectivity index (χ1) is 8.03. The molecule has 0 saturated carbocycles. The van der Waals surface area contributed by atoms with Gasteiger partial charge >= 0.3 is 16.5 Å². The quantitative estimate of drug-likeness (QED) is 0.628. The summed E-state index contributed by atoms with van der Waals surface area (Å²) >= 11 is 0. The van der Waals surface area contributed by atoms with E-state index < -0.39 is 0 Å². The van der Waals surface area contributed by atoms with Crippen molar-refractivity contribution in [3.63, 3.8) is 0 Å². The number of amides is 1. The maximum atomic E-state index is 11.2. The average molecular weight is 294 g/mol. The normalized spacial score (nSPS) is 8.44. The van der Waals surface area contributed by atoms with E-state index in [1.807, 2.05) is 6.92 Å². The molecule has 6 heteroatoms. The van der Waals surface area contributed by atoms with E-state index in [2.05, 4.69) is 18.6 Å². The van der Waals surface area contributed by atoms with Crippen LogP contribution in [0.2, 0.25) is 0 Å². The summed E-state index contributed by atoms with van der Waals surface area (Å²) in [5, 5.41) is 3.85. The Morgan fingerprint density at radius 2 is 2.22 bits per heavy atom. The zero-order chi connectivity index (χ0) is 13.4. The molecule has 1 heterocycles. The minimum absolute atomic E-state index is 0. The molecule has 102 valence electrons. The van der Waals surface area contributed by atoms with Crippen LogP contribution in [-0.4, -0.2) is 22.0 Å². The van der Waals surface area contributed by atoms with Crippen molar-refractivity contribution in [1.29, 1.82) is 0 Å². The number of aromatic nitrogens is 2. The Morgan fingerprint density at radius 3 is 2.56 bits per heavy atom. The van der Waals surface area contributed by atoms with Crippen LogP contribution in [0.4, 0.5) is 5.82 Å². The Labute approximate surface area is 118 Å². The van der Waals surface area contributed by atoms with Gasteiger partial charge in [0.25, 0.3) is 0 Å². The summed E-state index contributed by atoms with van der Waals surface area (Å²) < 4.78 is 1.42. The molecular formula is C12H17N3NiO2. The van der Waals surface area contributed by atoms with Crippen molar-refractivity contribution in [1.82, 2.24) is 9.78 Å². The maximum Gasteiger partial charge on any atom is 2.00 e. The van der Waals surface area contributed by atoms with Gasteiger partial charge in [0, 0.05) is 19.8 Å². The van der Waals surface area contributed by atoms with Gasteiger partial charge in [-0.1, -0.05) is 19.1 Å². The van der Waals surface area contributed by atoms with Crippen molar-refractivity contribution in [2.75, 3.05) is 4.90 Å². The molecule has 0 bridgehead atoms. The average Bonchev–Trinajstić information content (AvgIpc) is 2.62. The second kappa shape index (κ2) is 9.60. The van der Waals surface area contributed by atoms with Crippen LogP contribution in [-0.2, 0) is 33.1 Å². The van der Waals surface area contributed by atoms with Gasteiger partial charge in [-0.15, -0.1) is 0 Å². The summed E-state index contributed by atoms with van der Waals surface area (Å²) in [5.74, 6) is 0.141. The Kier molecular flexibility index (Phi) is 10.1. The number of rotatable bonds is 3. The molecule has 5 nitrogen and oxygen atoms in total. The molecule has 0 spiro atoms. The first kappa shape index (κ1) is 18.9. The molecule has 1 aromatic rings. The molecule has 0 N–H and O–H groups in total. The van der Waals surface area contributed by atoms with Gasteiger partial charge in [-0.3, -0.25) is 9.89 Å². The summed E-state index contributed by atoms with van der Waals surface area (Å²) in [6.45, 7) is 10.4. The van der Waals surface area contributed by atoms with E-state index in [-0.39, 0.29) is 28.0 Å². The van der Waals surface area contributed by atoms with Gasteiger partial charge < -0.3 is 21.3 Å². The van der Waals surface area contributed by atoms with Crippen LogP contribution in [0.1, 0.15) is 25.8 Å². The van der Waals surface area contributed by atoms with Crippen molar-refractivity contribution in [2.24, 2.45) is 7.05 Å². The monoisotopic (exact) mass is 293 g/mol. The first-order valence-corrected chi connectivity index (χ1v) is 5.15. The van der Waals surface area contributed by atoms with Crippen molar-refractivity contribution >= 4 is 18.0 Å². The molecule has 1 aromatic heterocycles. The molecule has 0 aliphatic heterocycles. The maximum absolute atomic E-state index is 11.2. The molecule has 0 aliphatic rings.